The van der Waals surface area contributed by atoms with E-state index < -0.39 is 0 Å². The average molecular weight is 345 g/mol. The molecule has 24 heavy (non-hydrogen) atoms. The first-order valence-electron chi connectivity index (χ1n) is 8.56. The quantitative estimate of drug-likeness (QED) is 0.854. The van der Waals surface area contributed by atoms with Crippen LogP contribution in [0.2, 0.25) is 0 Å². The average Bonchev–Trinajstić information content (AvgIpc) is 3.17. The van der Waals surface area contributed by atoms with Crippen LogP contribution in [0.15, 0.2) is 17.8 Å². The zero-order chi connectivity index (χ0) is 16.7. The molecule has 1 aliphatic carbocycles. The summed E-state index contributed by atoms with van der Waals surface area (Å²) in [7, 11) is 1.92. The molecule has 0 radical (unpaired) electrons. The van der Waals surface area contributed by atoms with Crippen molar-refractivity contribution in [1.29, 1.82) is 0 Å². The van der Waals surface area contributed by atoms with E-state index in [0.717, 1.165) is 49.8 Å². The number of anilines is 1. The Hall–Kier alpha value is -1.89. The van der Waals surface area contributed by atoms with E-state index in [4.69, 9.17) is 0 Å². The van der Waals surface area contributed by atoms with Gasteiger partial charge in [0.15, 0.2) is 5.13 Å². The Kier molecular flexibility index (Phi) is 4.04. The highest BCUT2D eigenvalue weighted by Gasteiger charge is 2.46. The highest BCUT2D eigenvalue weighted by Crippen LogP contribution is 2.48. The number of carbonyl (C=O) groups is 1. The largest absolute Gasteiger partial charge is 0.346 e. The molecule has 1 saturated carbocycles. The number of hydrogen-bond donors (Lipinski definition) is 0. The van der Waals surface area contributed by atoms with Crippen LogP contribution < -0.4 is 4.90 Å². The second-order valence-electron chi connectivity index (χ2n) is 6.83. The normalized spacial score (nSPS) is 24.1. The molecule has 4 rings (SSSR count). The molecule has 6 nitrogen and oxygen atoms in total. The molecular formula is C17H23N5OS. The number of amides is 1. The lowest BCUT2D eigenvalue weighted by molar-refractivity contribution is -0.132. The van der Waals surface area contributed by atoms with Crippen molar-refractivity contribution in [3.05, 3.63) is 29.0 Å². The van der Waals surface area contributed by atoms with Crippen LogP contribution in [-0.2, 0) is 11.8 Å². The van der Waals surface area contributed by atoms with E-state index >= 15 is 0 Å². The molecule has 0 N–H and O–H groups in total. The van der Waals surface area contributed by atoms with E-state index in [2.05, 4.69) is 25.3 Å². The maximum Gasteiger partial charge on any atom is 0.226 e. The Bertz CT molecular complexity index is 739. The zero-order valence-corrected chi connectivity index (χ0v) is 15.0. The fraction of sp³-hybridized carbons (Fsp3) is 0.588. The minimum absolute atomic E-state index is 0.155. The molecule has 2 fully saturated rings. The Morgan fingerprint density at radius 3 is 2.88 bits per heavy atom. The first kappa shape index (κ1) is 15.6. The fourth-order valence-electron chi connectivity index (χ4n) is 3.52. The third-order valence-corrected chi connectivity index (χ3v) is 5.96. The summed E-state index contributed by atoms with van der Waals surface area (Å²) in [4.78, 5) is 21.8. The van der Waals surface area contributed by atoms with E-state index in [-0.39, 0.29) is 5.92 Å². The number of carbonyl (C=O) groups excluding carboxylic acids is 1. The van der Waals surface area contributed by atoms with E-state index in [0.29, 0.717) is 11.8 Å². The highest BCUT2D eigenvalue weighted by atomic mass is 32.1. The van der Waals surface area contributed by atoms with Crippen LogP contribution in [0.1, 0.15) is 30.0 Å². The molecule has 2 aliphatic rings. The molecule has 1 saturated heterocycles. The molecule has 0 bridgehead atoms. The standard InChI is InChI=1S/C17H23N5OS/c1-12-11-24-17(19-12)22-5-3-4-21(6-7-22)16(23)15-8-14(15)13-9-18-20(2)10-13/h9-11,14-15H,3-8H2,1-2H3/t14-,15+/m1/s1. The van der Waals surface area contributed by atoms with Crippen LogP contribution >= 0.6 is 11.3 Å². The van der Waals surface area contributed by atoms with Crippen molar-refractivity contribution < 1.29 is 4.79 Å². The first-order valence-corrected chi connectivity index (χ1v) is 9.44. The Morgan fingerprint density at radius 1 is 1.29 bits per heavy atom. The number of aromatic nitrogens is 3. The van der Waals surface area contributed by atoms with Crippen LogP contribution in [0, 0.1) is 12.8 Å². The molecule has 7 heteroatoms. The summed E-state index contributed by atoms with van der Waals surface area (Å²) in [6.45, 7) is 5.54. The number of hydrogen-bond acceptors (Lipinski definition) is 5. The van der Waals surface area contributed by atoms with Crippen molar-refractivity contribution >= 4 is 22.4 Å². The molecule has 2 aromatic rings. The summed E-state index contributed by atoms with van der Waals surface area (Å²) in [6.07, 6.45) is 5.91. The predicted molar refractivity (Wildman–Crippen MR) is 94.3 cm³/mol. The van der Waals surface area contributed by atoms with Gasteiger partial charge < -0.3 is 9.80 Å². The van der Waals surface area contributed by atoms with Crippen molar-refractivity contribution in [1.82, 2.24) is 19.7 Å². The minimum atomic E-state index is 0.155. The lowest BCUT2D eigenvalue weighted by Gasteiger charge is -2.22. The Morgan fingerprint density at radius 2 is 2.17 bits per heavy atom. The third-order valence-electron chi connectivity index (χ3n) is 4.95. The van der Waals surface area contributed by atoms with Crippen molar-refractivity contribution in [2.45, 2.75) is 25.7 Å². The smallest absolute Gasteiger partial charge is 0.226 e. The summed E-state index contributed by atoms with van der Waals surface area (Å²) in [5.74, 6) is 0.844. The molecular weight excluding hydrogens is 322 g/mol. The molecule has 1 aliphatic heterocycles. The number of aryl methyl sites for hydroxylation is 2. The molecule has 1 amide bonds. The summed E-state index contributed by atoms with van der Waals surface area (Å²) in [5.41, 5.74) is 2.27. The van der Waals surface area contributed by atoms with Crippen molar-refractivity contribution in [2.24, 2.45) is 13.0 Å². The van der Waals surface area contributed by atoms with E-state index in [1.807, 2.05) is 31.0 Å². The zero-order valence-electron chi connectivity index (χ0n) is 14.2. The van der Waals surface area contributed by atoms with Crippen molar-refractivity contribution in [3.8, 4) is 0 Å². The molecule has 0 spiro atoms. The maximum atomic E-state index is 12.8. The van der Waals surface area contributed by atoms with Crippen LogP contribution in [0.25, 0.3) is 0 Å². The van der Waals surface area contributed by atoms with Gasteiger partial charge in [0.1, 0.15) is 0 Å². The molecule has 0 aromatic carbocycles. The van der Waals surface area contributed by atoms with Gasteiger partial charge in [-0.15, -0.1) is 11.3 Å². The van der Waals surface area contributed by atoms with Gasteiger partial charge in [0.2, 0.25) is 5.91 Å². The van der Waals surface area contributed by atoms with Gasteiger partial charge >= 0.3 is 0 Å². The second-order valence-corrected chi connectivity index (χ2v) is 7.67. The second kappa shape index (κ2) is 6.20. The van der Waals surface area contributed by atoms with Gasteiger partial charge in [0, 0.05) is 50.7 Å². The molecule has 2 aromatic heterocycles. The first-order chi connectivity index (χ1) is 11.6. The SMILES string of the molecule is Cc1csc(N2CCCN(C(=O)[C@H]3C[C@@H]3c3cnn(C)c3)CC2)n1. The number of nitrogens with zero attached hydrogens (tertiary/aromatic N) is 5. The lowest BCUT2D eigenvalue weighted by atomic mass is 10.2. The summed E-state index contributed by atoms with van der Waals surface area (Å²) >= 11 is 1.70. The van der Waals surface area contributed by atoms with Crippen molar-refractivity contribution in [2.75, 3.05) is 31.1 Å². The third kappa shape index (κ3) is 3.05. The van der Waals surface area contributed by atoms with Crippen LogP contribution in [0.4, 0.5) is 5.13 Å². The van der Waals surface area contributed by atoms with Gasteiger partial charge in [-0.05, 0) is 31.2 Å². The minimum Gasteiger partial charge on any atom is -0.346 e. The maximum absolute atomic E-state index is 12.8. The Labute approximate surface area is 146 Å². The lowest BCUT2D eigenvalue weighted by Crippen LogP contribution is -2.36. The van der Waals surface area contributed by atoms with E-state index in [1.165, 1.54) is 5.56 Å². The number of rotatable bonds is 3. The summed E-state index contributed by atoms with van der Waals surface area (Å²) in [5, 5.41) is 7.40. The van der Waals surface area contributed by atoms with Gasteiger partial charge in [-0.2, -0.15) is 5.10 Å². The predicted octanol–water partition coefficient (Wildman–Crippen LogP) is 2.03. The highest BCUT2D eigenvalue weighted by molar-refractivity contribution is 7.13. The fourth-order valence-corrected chi connectivity index (χ4v) is 4.38. The van der Waals surface area contributed by atoms with Gasteiger partial charge in [-0.1, -0.05) is 0 Å². The van der Waals surface area contributed by atoms with Gasteiger partial charge in [0.05, 0.1) is 11.9 Å². The van der Waals surface area contributed by atoms with Gasteiger partial charge in [-0.25, -0.2) is 4.98 Å². The van der Waals surface area contributed by atoms with Crippen LogP contribution in [0.3, 0.4) is 0 Å². The molecule has 128 valence electrons. The monoisotopic (exact) mass is 345 g/mol. The van der Waals surface area contributed by atoms with Crippen LogP contribution in [0.5, 0.6) is 0 Å². The molecule has 2 atom stereocenters. The molecule has 0 unspecified atom stereocenters. The molecule has 3 heterocycles. The topological polar surface area (TPSA) is 54.3 Å². The van der Waals surface area contributed by atoms with E-state index in [1.54, 1.807) is 11.3 Å². The summed E-state index contributed by atoms with van der Waals surface area (Å²) in [6, 6.07) is 0. The number of thiazole rings is 1. The summed E-state index contributed by atoms with van der Waals surface area (Å²) < 4.78 is 1.81. The Balaban J connectivity index is 1.36. The van der Waals surface area contributed by atoms with Crippen molar-refractivity contribution in [3.63, 3.8) is 0 Å². The van der Waals surface area contributed by atoms with Crippen LogP contribution in [-0.4, -0.2) is 51.8 Å². The van der Waals surface area contributed by atoms with Gasteiger partial charge in [-0.3, -0.25) is 9.48 Å². The van der Waals surface area contributed by atoms with Gasteiger partial charge in [0.25, 0.3) is 0 Å². The van der Waals surface area contributed by atoms with E-state index in [9.17, 15) is 4.79 Å².